The summed E-state index contributed by atoms with van der Waals surface area (Å²) in [6, 6.07) is 4.93. The van der Waals surface area contributed by atoms with Crippen molar-refractivity contribution in [3.63, 3.8) is 0 Å². The second-order valence-corrected chi connectivity index (χ2v) is 1.23. The predicted molar refractivity (Wildman–Crippen MR) is 32.8 cm³/mol. The maximum absolute atomic E-state index is 10.2. The van der Waals surface area contributed by atoms with Gasteiger partial charge in [0.15, 0.2) is 0 Å². The van der Waals surface area contributed by atoms with Crippen molar-refractivity contribution in [1.82, 2.24) is 4.98 Å². The Bertz CT molecular complexity index is 178. The maximum atomic E-state index is 10.2. The average Bonchev–Trinajstić information content (AvgIpc) is 1.69. The fourth-order valence-electron chi connectivity index (χ4n) is 0.377. The fourth-order valence-corrected chi connectivity index (χ4v) is 0.377. The molecule has 1 N–H and O–H groups in total. The Balaban J connectivity index is 0.000000490. The van der Waals surface area contributed by atoms with Gasteiger partial charge < -0.3 is 4.98 Å². The standard InChI is InChI=1S/C5H5NO.Ca/c7-5-3-1-2-4-6-5;/h1-4H,(H,6,7);. The van der Waals surface area contributed by atoms with Gasteiger partial charge in [0.2, 0.25) is 5.56 Å². The largest absolute Gasteiger partial charge is 0.329 e. The first-order chi connectivity index (χ1) is 3.39. The average molecular weight is 135 g/mol. The monoisotopic (exact) mass is 135 g/mol. The van der Waals surface area contributed by atoms with Crippen molar-refractivity contribution < 1.29 is 0 Å². The molecule has 0 spiro atoms. The van der Waals surface area contributed by atoms with Crippen LogP contribution in [0.4, 0.5) is 0 Å². The molecule has 1 aromatic rings. The second kappa shape index (κ2) is 4.12. The van der Waals surface area contributed by atoms with E-state index in [0.717, 1.165) is 0 Å². The van der Waals surface area contributed by atoms with Gasteiger partial charge in [0.1, 0.15) is 0 Å². The molecular weight excluding hydrogens is 130 g/mol. The molecule has 0 unspecified atom stereocenters. The molecule has 0 aromatic carbocycles. The van der Waals surface area contributed by atoms with Crippen LogP contribution in [0.2, 0.25) is 0 Å². The molecule has 3 heteroatoms. The Hall–Kier alpha value is 0.210. The molecular formula is C5H5CaNO. The summed E-state index contributed by atoms with van der Waals surface area (Å²) in [4.78, 5) is 12.7. The number of hydrogen-bond acceptors (Lipinski definition) is 1. The molecule has 1 heterocycles. The number of nitrogens with one attached hydrogen (secondary N) is 1. The summed E-state index contributed by atoms with van der Waals surface area (Å²) in [7, 11) is 0. The van der Waals surface area contributed by atoms with Crippen LogP contribution in [0, 0.1) is 0 Å². The van der Waals surface area contributed by atoms with Gasteiger partial charge >= 0.3 is 0 Å². The van der Waals surface area contributed by atoms with E-state index in [1.165, 1.54) is 6.07 Å². The molecule has 0 saturated carbocycles. The summed E-state index contributed by atoms with van der Waals surface area (Å²) in [5, 5.41) is 0. The van der Waals surface area contributed by atoms with Gasteiger partial charge in [-0.1, -0.05) is 6.07 Å². The predicted octanol–water partition coefficient (Wildman–Crippen LogP) is -0.00590. The van der Waals surface area contributed by atoms with Gasteiger partial charge in [-0.05, 0) is 6.07 Å². The Kier molecular flexibility index (Phi) is 4.23. The number of aromatic nitrogens is 1. The van der Waals surface area contributed by atoms with E-state index < -0.39 is 0 Å². The maximum Gasteiger partial charge on any atom is 0.247 e. The molecule has 0 amide bonds. The number of hydrogen-bond donors (Lipinski definition) is 1. The van der Waals surface area contributed by atoms with Crippen molar-refractivity contribution >= 4 is 37.7 Å². The van der Waals surface area contributed by atoms with E-state index in [2.05, 4.69) is 4.98 Å². The van der Waals surface area contributed by atoms with Crippen molar-refractivity contribution in [3.05, 3.63) is 34.7 Å². The van der Waals surface area contributed by atoms with Gasteiger partial charge in [0, 0.05) is 50.0 Å². The summed E-state index contributed by atoms with van der Waals surface area (Å²) in [6.07, 6.45) is 1.60. The van der Waals surface area contributed by atoms with Crippen LogP contribution in [-0.2, 0) is 0 Å². The molecule has 8 heavy (non-hydrogen) atoms. The first kappa shape index (κ1) is 8.21. The molecule has 0 aliphatic rings. The molecule has 0 bridgehead atoms. The minimum atomic E-state index is -0.0532. The van der Waals surface area contributed by atoms with Crippen LogP contribution in [0.3, 0.4) is 0 Å². The first-order valence-corrected chi connectivity index (χ1v) is 2.03. The topological polar surface area (TPSA) is 32.9 Å². The molecule has 2 nitrogen and oxygen atoms in total. The van der Waals surface area contributed by atoms with Crippen molar-refractivity contribution in [2.75, 3.05) is 0 Å². The fraction of sp³-hybridized carbons (Fsp3) is 0. The van der Waals surface area contributed by atoms with Gasteiger partial charge in [-0.15, -0.1) is 0 Å². The molecule has 1 rings (SSSR count). The third-order valence-electron chi connectivity index (χ3n) is 0.681. The summed E-state index contributed by atoms with van der Waals surface area (Å²) >= 11 is 0. The van der Waals surface area contributed by atoms with Crippen LogP contribution < -0.4 is 5.56 Å². The van der Waals surface area contributed by atoms with Crippen LogP contribution in [0.5, 0.6) is 0 Å². The van der Waals surface area contributed by atoms with E-state index in [4.69, 9.17) is 0 Å². The van der Waals surface area contributed by atoms with Crippen molar-refractivity contribution in [2.45, 2.75) is 0 Å². The van der Waals surface area contributed by atoms with Crippen molar-refractivity contribution in [2.24, 2.45) is 0 Å². The first-order valence-electron chi connectivity index (χ1n) is 2.03. The second-order valence-electron chi connectivity index (χ2n) is 1.23. The smallest absolute Gasteiger partial charge is 0.247 e. The number of H-pyrrole nitrogens is 1. The summed E-state index contributed by atoms with van der Waals surface area (Å²) in [5.74, 6) is 0. The van der Waals surface area contributed by atoms with Crippen molar-refractivity contribution in [3.8, 4) is 0 Å². The zero-order valence-electron chi connectivity index (χ0n) is 4.42. The molecule has 0 aliphatic heterocycles. The van der Waals surface area contributed by atoms with E-state index in [9.17, 15) is 4.79 Å². The normalized spacial score (nSPS) is 7.50. The van der Waals surface area contributed by atoms with Gasteiger partial charge in [-0.25, -0.2) is 0 Å². The van der Waals surface area contributed by atoms with E-state index in [1.54, 1.807) is 18.3 Å². The minimum absolute atomic E-state index is 0. The SMILES string of the molecule is O=c1cccc[nH]1.[Ca]. The Morgan fingerprint density at radius 1 is 1.38 bits per heavy atom. The van der Waals surface area contributed by atoms with Crippen LogP contribution in [0.15, 0.2) is 29.2 Å². The zero-order valence-corrected chi connectivity index (χ0v) is 6.63. The molecule has 2 radical (unpaired) electrons. The molecule has 0 atom stereocenters. The van der Waals surface area contributed by atoms with E-state index in [-0.39, 0.29) is 43.3 Å². The molecule has 38 valence electrons. The quantitative estimate of drug-likeness (QED) is 0.499. The molecule has 0 fully saturated rings. The van der Waals surface area contributed by atoms with Crippen LogP contribution in [0.1, 0.15) is 0 Å². The Morgan fingerprint density at radius 2 is 2.12 bits per heavy atom. The Labute approximate surface area is 76.9 Å². The van der Waals surface area contributed by atoms with Gasteiger partial charge in [0.25, 0.3) is 0 Å². The van der Waals surface area contributed by atoms with Gasteiger partial charge in [-0.2, -0.15) is 0 Å². The molecule has 0 saturated heterocycles. The number of pyridine rings is 1. The third kappa shape index (κ3) is 2.50. The third-order valence-corrected chi connectivity index (χ3v) is 0.681. The summed E-state index contributed by atoms with van der Waals surface area (Å²) in [5.41, 5.74) is -0.0532. The Morgan fingerprint density at radius 3 is 2.38 bits per heavy atom. The van der Waals surface area contributed by atoms with Crippen LogP contribution in [0.25, 0.3) is 0 Å². The summed E-state index contributed by atoms with van der Waals surface area (Å²) < 4.78 is 0. The van der Waals surface area contributed by atoms with Crippen molar-refractivity contribution in [1.29, 1.82) is 0 Å². The van der Waals surface area contributed by atoms with Gasteiger partial charge in [0.05, 0.1) is 0 Å². The van der Waals surface area contributed by atoms with E-state index in [0.29, 0.717) is 0 Å². The van der Waals surface area contributed by atoms with Crippen LogP contribution >= 0.6 is 0 Å². The van der Waals surface area contributed by atoms with E-state index >= 15 is 0 Å². The molecule has 0 aliphatic carbocycles. The number of rotatable bonds is 0. The van der Waals surface area contributed by atoms with Crippen LogP contribution in [-0.4, -0.2) is 42.7 Å². The van der Waals surface area contributed by atoms with Gasteiger partial charge in [-0.3, -0.25) is 4.79 Å². The zero-order chi connectivity index (χ0) is 5.11. The molecule has 1 aromatic heterocycles. The number of aromatic amines is 1. The van der Waals surface area contributed by atoms with E-state index in [1.807, 2.05) is 0 Å². The minimum Gasteiger partial charge on any atom is -0.329 e. The summed E-state index contributed by atoms with van der Waals surface area (Å²) in [6.45, 7) is 0.